The number of ether oxygens (including phenoxy) is 2. The Morgan fingerprint density at radius 1 is 1.40 bits per heavy atom. The Balaban J connectivity index is 2.96. The third-order valence-electron chi connectivity index (χ3n) is 2.93. The molecule has 1 rings (SSSR count). The molecule has 0 bridgehead atoms. The zero-order valence-corrected chi connectivity index (χ0v) is 14.4. The van der Waals surface area contributed by atoms with Crippen molar-refractivity contribution in [1.29, 1.82) is 0 Å². The molecule has 4 nitrogen and oxygen atoms in total. The fourth-order valence-corrected chi connectivity index (χ4v) is 2.73. The molecule has 0 saturated heterocycles. The van der Waals surface area contributed by atoms with E-state index in [2.05, 4.69) is 28.6 Å². The highest BCUT2D eigenvalue weighted by atomic mass is 79.9. The SMILES string of the molecule is COCCN(C(=O)c1ccc(Br)cc1S)C(C)COC. The number of carbonyl (C=O) groups is 1. The molecule has 0 aliphatic heterocycles. The van der Waals surface area contributed by atoms with Crippen molar-refractivity contribution >= 4 is 34.5 Å². The van der Waals surface area contributed by atoms with E-state index in [0.717, 1.165) is 4.47 Å². The maximum Gasteiger partial charge on any atom is 0.255 e. The van der Waals surface area contributed by atoms with Gasteiger partial charge in [0.1, 0.15) is 0 Å². The molecule has 0 saturated carbocycles. The minimum Gasteiger partial charge on any atom is -0.383 e. The zero-order valence-electron chi connectivity index (χ0n) is 11.9. The van der Waals surface area contributed by atoms with E-state index in [9.17, 15) is 4.79 Å². The maximum absolute atomic E-state index is 12.6. The van der Waals surface area contributed by atoms with Gasteiger partial charge < -0.3 is 14.4 Å². The number of methoxy groups -OCH3 is 2. The summed E-state index contributed by atoms with van der Waals surface area (Å²) in [5.41, 5.74) is 0.579. The first-order chi connectivity index (χ1) is 9.51. The predicted molar refractivity (Wildman–Crippen MR) is 85.6 cm³/mol. The Hall–Kier alpha value is -0.560. The van der Waals surface area contributed by atoms with E-state index in [4.69, 9.17) is 9.47 Å². The number of nitrogens with zero attached hydrogens (tertiary/aromatic N) is 1. The summed E-state index contributed by atoms with van der Waals surface area (Å²) in [6.45, 7) is 3.43. The second-order valence-corrected chi connectivity index (χ2v) is 5.85. The molecule has 0 aliphatic rings. The monoisotopic (exact) mass is 361 g/mol. The van der Waals surface area contributed by atoms with Crippen LogP contribution in [0.25, 0.3) is 0 Å². The van der Waals surface area contributed by atoms with Crippen LogP contribution in [0.1, 0.15) is 17.3 Å². The normalized spacial score (nSPS) is 12.2. The number of rotatable bonds is 7. The molecule has 1 aromatic carbocycles. The summed E-state index contributed by atoms with van der Waals surface area (Å²) in [7, 11) is 3.24. The van der Waals surface area contributed by atoms with Gasteiger partial charge in [-0.05, 0) is 25.1 Å². The van der Waals surface area contributed by atoms with Gasteiger partial charge in [0, 0.05) is 30.1 Å². The number of hydrogen-bond acceptors (Lipinski definition) is 4. The molecule has 1 unspecified atom stereocenters. The Morgan fingerprint density at radius 2 is 2.10 bits per heavy atom. The third-order valence-corrected chi connectivity index (χ3v) is 3.79. The van der Waals surface area contributed by atoms with E-state index in [1.807, 2.05) is 19.1 Å². The molecule has 0 N–H and O–H groups in total. The summed E-state index contributed by atoms with van der Waals surface area (Å²) in [4.78, 5) is 15.0. The number of hydrogen-bond donors (Lipinski definition) is 1. The van der Waals surface area contributed by atoms with Crippen LogP contribution in [0.4, 0.5) is 0 Å². The van der Waals surface area contributed by atoms with E-state index in [0.29, 0.717) is 30.2 Å². The first-order valence-corrected chi connectivity index (χ1v) is 7.52. The van der Waals surface area contributed by atoms with Crippen molar-refractivity contribution in [3.63, 3.8) is 0 Å². The van der Waals surface area contributed by atoms with Gasteiger partial charge in [0.25, 0.3) is 5.91 Å². The third kappa shape index (κ3) is 4.77. The highest BCUT2D eigenvalue weighted by Crippen LogP contribution is 2.22. The van der Waals surface area contributed by atoms with Gasteiger partial charge in [-0.2, -0.15) is 0 Å². The van der Waals surface area contributed by atoms with Gasteiger partial charge in [0.05, 0.1) is 24.8 Å². The summed E-state index contributed by atoms with van der Waals surface area (Å²) < 4.78 is 11.1. The fraction of sp³-hybridized carbons (Fsp3) is 0.500. The molecular formula is C14H20BrNO3S. The number of thiol groups is 1. The van der Waals surface area contributed by atoms with Crippen molar-refractivity contribution in [1.82, 2.24) is 4.90 Å². The van der Waals surface area contributed by atoms with Gasteiger partial charge >= 0.3 is 0 Å². The minimum absolute atomic E-state index is 0.0287. The molecule has 1 amide bonds. The lowest BCUT2D eigenvalue weighted by molar-refractivity contribution is 0.0476. The highest BCUT2D eigenvalue weighted by molar-refractivity contribution is 9.10. The van der Waals surface area contributed by atoms with Crippen LogP contribution in [-0.4, -0.2) is 50.8 Å². The number of amides is 1. The molecule has 1 atom stereocenters. The van der Waals surface area contributed by atoms with Crippen molar-refractivity contribution in [2.45, 2.75) is 17.9 Å². The van der Waals surface area contributed by atoms with E-state index >= 15 is 0 Å². The van der Waals surface area contributed by atoms with Crippen LogP contribution in [0.15, 0.2) is 27.6 Å². The van der Waals surface area contributed by atoms with Gasteiger partial charge in [-0.3, -0.25) is 4.79 Å². The standard InChI is InChI=1S/C14H20BrNO3S/c1-10(9-19-3)16(6-7-18-2)14(17)12-5-4-11(15)8-13(12)20/h4-5,8,10,20H,6-7,9H2,1-3H3. The van der Waals surface area contributed by atoms with E-state index in [-0.39, 0.29) is 11.9 Å². The van der Waals surface area contributed by atoms with Gasteiger partial charge in [0.15, 0.2) is 0 Å². The second-order valence-electron chi connectivity index (χ2n) is 4.46. The lowest BCUT2D eigenvalue weighted by Gasteiger charge is -2.29. The van der Waals surface area contributed by atoms with Gasteiger partial charge in [-0.15, -0.1) is 12.6 Å². The van der Waals surface area contributed by atoms with Crippen LogP contribution in [0, 0.1) is 0 Å². The molecule has 0 radical (unpaired) electrons. The van der Waals surface area contributed by atoms with Crippen molar-refractivity contribution in [3.8, 4) is 0 Å². The highest BCUT2D eigenvalue weighted by Gasteiger charge is 2.22. The van der Waals surface area contributed by atoms with E-state index < -0.39 is 0 Å². The van der Waals surface area contributed by atoms with Crippen LogP contribution < -0.4 is 0 Å². The Labute approximate surface area is 134 Å². The molecular weight excluding hydrogens is 342 g/mol. The average Bonchev–Trinajstić information content (AvgIpc) is 2.39. The maximum atomic E-state index is 12.6. The van der Waals surface area contributed by atoms with Crippen LogP contribution in [-0.2, 0) is 9.47 Å². The summed E-state index contributed by atoms with van der Waals surface area (Å²) in [5.74, 6) is -0.0656. The van der Waals surface area contributed by atoms with Crippen molar-refractivity contribution in [2.75, 3.05) is 34.0 Å². The summed E-state index contributed by atoms with van der Waals surface area (Å²) in [6, 6.07) is 5.39. The largest absolute Gasteiger partial charge is 0.383 e. The lowest BCUT2D eigenvalue weighted by Crippen LogP contribution is -2.43. The Kier molecular flexibility index (Phi) is 7.58. The minimum atomic E-state index is -0.0656. The molecule has 0 aliphatic carbocycles. The fourth-order valence-electron chi connectivity index (χ4n) is 1.88. The van der Waals surface area contributed by atoms with Gasteiger partial charge in [-0.1, -0.05) is 15.9 Å². The first-order valence-electron chi connectivity index (χ1n) is 6.28. The van der Waals surface area contributed by atoms with Crippen molar-refractivity contribution in [2.24, 2.45) is 0 Å². The lowest BCUT2D eigenvalue weighted by atomic mass is 10.1. The molecule has 1 aromatic rings. The van der Waals surface area contributed by atoms with Crippen molar-refractivity contribution < 1.29 is 14.3 Å². The number of halogens is 1. The van der Waals surface area contributed by atoms with Gasteiger partial charge in [0.2, 0.25) is 0 Å². The molecule has 0 fully saturated rings. The smallest absolute Gasteiger partial charge is 0.255 e. The van der Waals surface area contributed by atoms with E-state index in [1.54, 1.807) is 25.2 Å². The topological polar surface area (TPSA) is 38.8 Å². The molecule has 0 heterocycles. The summed E-state index contributed by atoms with van der Waals surface area (Å²) in [6.07, 6.45) is 0. The van der Waals surface area contributed by atoms with Crippen LogP contribution in [0.5, 0.6) is 0 Å². The van der Waals surface area contributed by atoms with E-state index in [1.165, 1.54) is 0 Å². The zero-order chi connectivity index (χ0) is 15.1. The molecule has 6 heteroatoms. The van der Waals surface area contributed by atoms with Gasteiger partial charge in [-0.25, -0.2) is 0 Å². The van der Waals surface area contributed by atoms with Crippen LogP contribution >= 0.6 is 28.6 Å². The van der Waals surface area contributed by atoms with Crippen LogP contribution in [0.3, 0.4) is 0 Å². The number of benzene rings is 1. The molecule has 0 spiro atoms. The number of carbonyl (C=O) groups excluding carboxylic acids is 1. The summed E-state index contributed by atoms with van der Waals surface area (Å²) >= 11 is 7.74. The summed E-state index contributed by atoms with van der Waals surface area (Å²) in [5, 5.41) is 0. The Bertz CT molecular complexity index is 456. The predicted octanol–water partition coefficient (Wildman–Crippen LogP) is 2.86. The van der Waals surface area contributed by atoms with Crippen molar-refractivity contribution in [3.05, 3.63) is 28.2 Å². The second kappa shape index (κ2) is 8.67. The molecule has 0 aromatic heterocycles. The first kappa shape index (κ1) is 17.5. The van der Waals surface area contributed by atoms with Crippen LogP contribution in [0.2, 0.25) is 0 Å². The quantitative estimate of drug-likeness (QED) is 0.759. The molecule has 20 heavy (non-hydrogen) atoms. The Morgan fingerprint density at radius 3 is 2.65 bits per heavy atom. The average molecular weight is 362 g/mol. The molecule has 112 valence electrons.